The lowest BCUT2D eigenvalue weighted by atomic mass is 9.76. The minimum absolute atomic E-state index is 0.000859. The highest BCUT2D eigenvalue weighted by Crippen LogP contribution is 2.46. The van der Waals surface area contributed by atoms with E-state index in [1.54, 1.807) is 25.2 Å². The van der Waals surface area contributed by atoms with Crippen molar-refractivity contribution in [3.63, 3.8) is 0 Å². The molecule has 0 aromatic heterocycles. The molecule has 2 amide bonds. The molecule has 7 heteroatoms. The number of methoxy groups -OCH3 is 2. The van der Waals surface area contributed by atoms with Gasteiger partial charge in [-0.05, 0) is 23.6 Å². The summed E-state index contributed by atoms with van der Waals surface area (Å²) in [5.41, 5.74) is 2.87. The van der Waals surface area contributed by atoms with Gasteiger partial charge in [0.2, 0.25) is 5.91 Å². The number of hydrogen-bond donors (Lipinski definition) is 1. The van der Waals surface area contributed by atoms with E-state index in [-0.39, 0.29) is 18.4 Å². The molecule has 0 radical (unpaired) electrons. The first-order valence-electron chi connectivity index (χ1n) is 10.2. The fraction of sp³-hybridized carbons (Fsp3) is 0.333. The van der Waals surface area contributed by atoms with Crippen LogP contribution in [0.3, 0.4) is 0 Å². The third-order valence-corrected chi connectivity index (χ3v) is 5.29. The number of nitrogens with zero attached hydrogens (tertiary/aromatic N) is 1. The van der Waals surface area contributed by atoms with Crippen LogP contribution in [0.1, 0.15) is 22.6 Å². The monoisotopic (exact) mass is 424 g/mol. The molecule has 2 aromatic carbocycles. The summed E-state index contributed by atoms with van der Waals surface area (Å²) in [5, 5.41) is 2.70. The molecular formula is C24H28N2O5. The third kappa shape index (κ3) is 5.17. The van der Waals surface area contributed by atoms with Crippen molar-refractivity contribution >= 4 is 12.0 Å². The highest BCUT2D eigenvalue weighted by molar-refractivity contribution is 5.88. The van der Waals surface area contributed by atoms with E-state index in [2.05, 4.69) is 11.9 Å². The van der Waals surface area contributed by atoms with Crippen LogP contribution in [0.15, 0.2) is 55.1 Å². The summed E-state index contributed by atoms with van der Waals surface area (Å²) < 4.78 is 16.0. The zero-order valence-corrected chi connectivity index (χ0v) is 17.9. The van der Waals surface area contributed by atoms with Gasteiger partial charge >= 0.3 is 6.09 Å². The summed E-state index contributed by atoms with van der Waals surface area (Å²) in [6, 6.07) is 13.2. The molecule has 31 heavy (non-hydrogen) atoms. The molecule has 1 unspecified atom stereocenters. The molecular weight excluding hydrogens is 396 g/mol. The second-order valence-electron chi connectivity index (χ2n) is 7.19. The van der Waals surface area contributed by atoms with Crippen LogP contribution in [0.5, 0.6) is 11.5 Å². The van der Waals surface area contributed by atoms with Gasteiger partial charge in [0.15, 0.2) is 11.5 Å². The van der Waals surface area contributed by atoms with Gasteiger partial charge in [-0.15, -0.1) is 6.58 Å². The Morgan fingerprint density at radius 3 is 2.61 bits per heavy atom. The minimum Gasteiger partial charge on any atom is -0.493 e. The van der Waals surface area contributed by atoms with E-state index in [9.17, 15) is 9.59 Å². The predicted molar refractivity (Wildman–Crippen MR) is 117 cm³/mol. The van der Waals surface area contributed by atoms with Crippen molar-refractivity contribution in [2.45, 2.75) is 18.9 Å². The van der Waals surface area contributed by atoms with Gasteiger partial charge in [0, 0.05) is 25.2 Å². The maximum atomic E-state index is 13.1. The summed E-state index contributed by atoms with van der Waals surface area (Å²) in [6.07, 6.45) is 1.76. The van der Waals surface area contributed by atoms with Crippen LogP contribution in [-0.4, -0.2) is 50.8 Å². The quantitative estimate of drug-likeness (QED) is 0.593. The van der Waals surface area contributed by atoms with Crippen molar-refractivity contribution < 1.29 is 23.8 Å². The van der Waals surface area contributed by atoms with Crippen molar-refractivity contribution in [3.05, 3.63) is 71.8 Å². The molecule has 0 saturated carbocycles. The van der Waals surface area contributed by atoms with E-state index >= 15 is 0 Å². The number of carbonyl (C=O) groups is 2. The molecule has 1 aliphatic carbocycles. The summed E-state index contributed by atoms with van der Waals surface area (Å²) in [7, 11) is 3.19. The molecule has 1 N–H and O–H groups in total. The van der Waals surface area contributed by atoms with Gasteiger partial charge in [0.25, 0.3) is 0 Å². The highest BCUT2D eigenvalue weighted by Gasteiger charge is 2.38. The molecule has 0 heterocycles. The van der Waals surface area contributed by atoms with Gasteiger partial charge < -0.3 is 24.4 Å². The second kappa shape index (κ2) is 10.5. The zero-order chi connectivity index (χ0) is 22.2. The van der Waals surface area contributed by atoms with Gasteiger partial charge in [-0.3, -0.25) is 4.79 Å². The van der Waals surface area contributed by atoms with Crippen LogP contribution in [0.2, 0.25) is 0 Å². The Hall–Kier alpha value is -3.48. The molecule has 1 atom stereocenters. The first-order chi connectivity index (χ1) is 15.1. The smallest absolute Gasteiger partial charge is 0.407 e. The Kier molecular flexibility index (Phi) is 7.54. The number of benzene rings is 2. The summed E-state index contributed by atoms with van der Waals surface area (Å²) in [6.45, 7) is 5.00. The minimum atomic E-state index is -0.513. The zero-order valence-electron chi connectivity index (χ0n) is 17.9. The number of fused-ring (bicyclic) bond motifs is 1. The molecule has 3 rings (SSSR count). The number of rotatable bonds is 10. The Labute approximate surface area is 182 Å². The van der Waals surface area contributed by atoms with Crippen LogP contribution >= 0.6 is 0 Å². The number of carbonyl (C=O) groups excluding carboxylic acids is 2. The van der Waals surface area contributed by atoms with Crippen molar-refractivity contribution in [1.82, 2.24) is 10.2 Å². The molecule has 0 saturated heterocycles. The lowest BCUT2D eigenvalue weighted by Gasteiger charge is -2.35. The van der Waals surface area contributed by atoms with E-state index in [4.69, 9.17) is 14.2 Å². The van der Waals surface area contributed by atoms with E-state index < -0.39 is 6.09 Å². The molecule has 0 bridgehead atoms. The van der Waals surface area contributed by atoms with Crippen molar-refractivity contribution in [1.29, 1.82) is 0 Å². The normalized spacial score (nSPS) is 13.9. The van der Waals surface area contributed by atoms with Crippen LogP contribution in [0.25, 0.3) is 0 Å². The Balaban J connectivity index is 1.53. The second-order valence-corrected chi connectivity index (χ2v) is 7.19. The lowest BCUT2D eigenvalue weighted by molar-refractivity contribution is -0.132. The number of nitrogens with one attached hydrogen (secondary N) is 1. The number of hydrogen-bond acceptors (Lipinski definition) is 5. The summed E-state index contributed by atoms with van der Waals surface area (Å²) in [5.74, 6) is 1.11. The van der Waals surface area contributed by atoms with E-state index in [0.29, 0.717) is 37.6 Å². The molecule has 0 fully saturated rings. The van der Waals surface area contributed by atoms with Gasteiger partial charge in [-0.25, -0.2) is 4.79 Å². The Morgan fingerprint density at radius 2 is 1.94 bits per heavy atom. The number of alkyl carbamates (subject to hydrolysis) is 1. The SMILES string of the molecule is C=CCN(CCNC(=O)OCc1ccccc1)C(=O)C1Cc2c1ccc(OC)c2OC. The summed E-state index contributed by atoms with van der Waals surface area (Å²) >= 11 is 0. The largest absolute Gasteiger partial charge is 0.493 e. The van der Waals surface area contributed by atoms with E-state index in [0.717, 1.165) is 16.7 Å². The van der Waals surface area contributed by atoms with E-state index in [1.807, 2.05) is 42.5 Å². The first kappa shape index (κ1) is 22.2. The van der Waals surface area contributed by atoms with Crippen molar-refractivity contribution in [2.75, 3.05) is 33.9 Å². The van der Waals surface area contributed by atoms with Gasteiger partial charge in [-0.1, -0.05) is 42.5 Å². The molecule has 7 nitrogen and oxygen atoms in total. The Morgan fingerprint density at radius 1 is 1.16 bits per heavy atom. The molecule has 2 aromatic rings. The van der Waals surface area contributed by atoms with Crippen LogP contribution in [0.4, 0.5) is 4.79 Å². The highest BCUT2D eigenvalue weighted by atomic mass is 16.5. The first-order valence-corrected chi connectivity index (χ1v) is 10.2. The molecule has 0 spiro atoms. The average molecular weight is 424 g/mol. The van der Waals surface area contributed by atoms with Crippen LogP contribution in [0, 0.1) is 0 Å². The lowest BCUT2D eigenvalue weighted by Crippen LogP contribution is -2.43. The summed E-state index contributed by atoms with van der Waals surface area (Å²) in [4.78, 5) is 26.7. The maximum Gasteiger partial charge on any atom is 0.407 e. The predicted octanol–water partition coefficient (Wildman–Crippen LogP) is 3.28. The molecule has 0 aliphatic heterocycles. The standard InChI is InChI=1S/C24H28N2O5/c1-4-13-26(14-12-25-24(28)31-16-17-8-6-5-7-9-17)23(27)20-15-19-18(20)10-11-21(29-2)22(19)30-3/h4-11,20H,1,12-16H2,2-3H3,(H,25,28). The van der Waals surface area contributed by atoms with Crippen LogP contribution in [-0.2, 0) is 22.6 Å². The third-order valence-electron chi connectivity index (χ3n) is 5.29. The van der Waals surface area contributed by atoms with Crippen molar-refractivity contribution in [2.24, 2.45) is 0 Å². The van der Waals surface area contributed by atoms with Crippen molar-refractivity contribution in [3.8, 4) is 11.5 Å². The topological polar surface area (TPSA) is 77.1 Å². The maximum absolute atomic E-state index is 13.1. The number of amides is 2. The van der Waals surface area contributed by atoms with Gasteiger partial charge in [0.05, 0.1) is 20.1 Å². The van der Waals surface area contributed by atoms with E-state index in [1.165, 1.54) is 0 Å². The van der Waals surface area contributed by atoms with Gasteiger partial charge in [0.1, 0.15) is 6.61 Å². The number of ether oxygens (including phenoxy) is 3. The van der Waals surface area contributed by atoms with Gasteiger partial charge in [-0.2, -0.15) is 0 Å². The fourth-order valence-electron chi connectivity index (χ4n) is 3.68. The molecule has 1 aliphatic rings. The molecule has 164 valence electrons. The Bertz CT molecular complexity index is 929. The van der Waals surface area contributed by atoms with Crippen LogP contribution < -0.4 is 14.8 Å². The average Bonchev–Trinajstić information content (AvgIpc) is 2.77. The fourth-order valence-corrected chi connectivity index (χ4v) is 3.68.